The number of aromatic amines is 1. The molecule has 1 aromatic rings. The second-order valence-corrected chi connectivity index (χ2v) is 3.95. The van der Waals surface area contributed by atoms with Crippen LogP contribution in [0.15, 0.2) is 6.33 Å². The third-order valence-electron chi connectivity index (χ3n) is 2.90. The van der Waals surface area contributed by atoms with Gasteiger partial charge in [0.05, 0.1) is 12.0 Å². The van der Waals surface area contributed by atoms with Crippen LogP contribution in [-0.2, 0) is 12.8 Å². The van der Waals surface area contributed by atoms with E-state index in [1.54, 1.807) is 0 Å². The van der Waals surface area contributed by atoms with E-state index in [1.165, 1.54) is 62.8 Å². The summed E-state index contributed by atoms with van der Waals surface area (Å²) in [4.78, 5) is 7.64. The lowest BCUT2D eigenvalue weighted by Gasteiger charge is -2.06. The van der Waals surface area contributed by atoms with Crippen LogP contribution in [0.25, 0.3) is 0 Å². The van der Waals surface area contributed by atoms with Gasteiger partial charge in [0, 0.05) is 5.69 Å². The summed E-state index contributed by atoms with van der Waals surface area (Å²) in [7, 11) is 0. The highest BCUT2D eigenvalue weighted by atomic mass is 14.9. The molecule has 0 fully saturated rings. The summed E-state index contributed by atoms with van der Waals surface area (Å²) in [5.74, 6) is 0. The second kappa shape index (κ2) is 4.45. The molecule has 0 amide bonds. The summed E-state index contributed by atoms with van der Waals surface area (Å²) in [5, 5.41) is 0. The highest BCUT2D eigenvalue weighted by molar-refractivity contribution is 5.11. The van der Waals surface area contributed by atoms with Gasteiger partial charge >= 0.3 is 0 Å². The summed E-state index contributed by atoms with van der Waals surface area (Å²) >= 11 is 0. The molecule has 13 heavy (non-hydrogen) atoms. The Morgan fingerprint density at radius 2 is 1.62 bits per heavy atom. The molecule has 0 spiro atoms. The summed E-state index contributed by atoms with van der Waals surface area (Å²) in [6, 6.07) is 0. The molecule has 0 saturated heterocycles. The van der Waals surface area contributed by atoms with Crippen LogP contribution in [-0.4, -0.2) is 9.97 Å². The van der Waals surface area contributed by atoms with Gasteiger partial charge in [0.15, 0.2) is 0 Å². The van der Waals surface area contributed by atoms with E-state index in [0.717, 1.165) is 0 Å². The van der Waals surface area contributed by atoms with Gasteiger partial charge in [0.25, 0.3) is 0 Å². The van der Waals surface area contributed by atoms with Crippen LogP contribution in [0.1, 0.15) is 49.9 Å². The zero-order valence-corrected chi connectivity index (χ0v) is 8.18. The molecule has 1 aromatic heterocycles. The van der Waals surface area contributed by atoms with Gasteiger partial charge in [-0.25, -0.2) is 4.98 Å². The van der Waals surface area contributed by atoms with Crippen molar-refractivity contribution >= 4 is 0 Å². The van der Waals surface area contributed by atoms with Crippen molar-refractivity contribution in [1.29, 1.82) is 0 Å². The molecule has 0 unspecified atom stereocenters. The van der Waals surface area contributed by atoms with Gasteiger partial charge in [-0.05, 0) is 25.7 Å². The molecule has 72 valence electrons. The van der Waals surface area contributed by atoms with Crippen LogP contribution in [0, 0.1) is 0 Å². The van der Waals surface area contributed by atoms with Crippen molar-refractivity contribution < 1.29 is 0 Å². The molecule has 1 heterocycles. The van der Waals surface area contributed by atoms with Gasteiger partial charge in [-0.1, -0.05) is 25.7 Å². The Labute approximate surface area is 79.8 Å². The van der Waals surface area contributed by atoms with E-state index in [4.69, 9.17) is 0 Å². The maximum atomic E-state index is 4.38. The Kier molecular flexibility index (Phi) is 3.01. The number of H-pyrrole nitrogens is 1. The molecule has 1 aliphatic rings. The minimum absolute atomic E-state index is 1.18. The molecule has 1 N–H and O–H groups in total. The summed E-state index contributed by atoms with van der Waals surface area (Å²) in [5.41, 5.74) is 2.71. The van der Waals surface area contributed by atoms with E-state index in [-0.39, 0.29) is 0 Å². The summed E-state index contributed by atoms with van der Waals surface area (Å²) < 4.78 is 0. The molecule has 2 nitrogen and oxygen atoms in total. The monoisotopic (exact) mass is 178 g/mol. The summed E-state index contributed by atoms with van der Waals surface area (Å²) in [6.45, 7) is 0. The van der Waals surface area contributed by atoms with Crippen molar-refractivity contribution in [2.24, 2.45) is 0 Å². The maximum Gasteiger partial charge on any atom is 0.0925 e. The lowest BCUT2D eigenvalue weighted by atomic mass is 10.0. The van der Waals surface area contributed by atoms with Crippen LogP contribution in [0.2, 0.25) is 0 Å². The minimum atomic E-state index is 1.18. The van der Waals surface area contributed by atoms with Crippen LogP contribution in [0.5, 0.6) is 0 Å². The van der Waals surface area contributed by atoms with Crippen LogP contribution < -0.4 is 0 Å². The predicted octanol–water partition coefficient (Wildman–Crippen LogP) is 2.85. The largest absolute Gasteiger partial charge is 0.348 e. The topological polar surface area (TPSA) is 28.7 Å². The third kappa shape index (κ3) is 2.33. The second-order valence-electron chi connectivity index (χ2n) is 3.95. The summed E-state index contributed by atoms with van der Waals surface area (Å²) in [6.07, 6.45) is 12.5. The first-order valence-electron chi connectivity index (χ1n) is 5.48. The minimum Gasteiger partial charge on any atom is -0.348 e. The molecule has 0 aliphatic heterocycles. The average molecular weight is 178 g/mol. The molecule has 2 heteroatoms. The molecule has 0 radical (unpaired) electrons. The van der Waals surface area contributed by atoms with Crippen LogP contribution in [0.4, 0.5) is 0 Å². The molecule has 0 atom stereocenters. The smallest absolute Gasteiger partial charge is 0.0925 e. The molecular weight excluding hydrogens is 160 g/mol. The Hall–Kier alpha value is -0.790. The van der Waals surface area contributed by atoms with Gasteiger partial charge in [-0.3, -0.25) is 0 Å². The van der Waals surface area contributed by atoms with Gasteiger partial charge in [-0.15, -0.1) is 0 Å². The standard InChI is InChI=1S/C11H18N2/c1-2-4-6-8-11-10(7-5-3-1)12-9-13-11/h9H,1-8H2,(H,12,13). The zero-order valence-electron chi connectivity index (χ0n) is 8.18. The first-order valence-corrected chi connectivity index (χ1v) is 5.48. The van der Waals surface area contributed by atoms with Crippen molar-refractivity contribution in [2.75, 3.05) is 0 Å². The van der Waals surface area contributed by atoms with E-state index in [9.17, 15) is 0 Å². The number of hydrogen-bond donors (Lipinski definition) is 1. The lowest BCUT2D eigenvalue weighted by Crippen LogP contribution is -1.97. The SMILES string of the molecule is c1nc2c([nH]1)CCCCCCCC2. The number of nitrogens with zero attached hydrogens (tertiary/aromatic N) is 1. The van der Waals surface area contributed by atoms with Crippen molar-refractivity contribution in [3.63, 3.8) is 0 Å². The zero-order chi connectivity index (χ0) is 8.93. The first kappa shape index (κ1) is 8.79. The van der Waals surface area contributed by atoms with E-state index in [1.807, 2.05) is 6.33 Å². The lowest BCUT2D eigenvalue weighted by molar-refractivity contribution is 0.576. The number of aryl methyl sites for hydroxylation is 2. The number of hydrogen-bond acceptors (Lipinski definition) is 1. The van der Waals surface area contributed by atoms with E-state index >= 15 is 0 Å². The molecule has 0 saturated carbocycles. The Balaban J connectivity index is 2.03. The number of nitrogens with one attached hydrogen (secondary N) is 1. The Bertz CT molecular complexity index is 228. The van der Waals surface area contributed by atoms with Crippen LogP contribution >= 0.6 is 0 Å². The predicted molar refractivity (Wildman–Crippen MR) is 53.7 cm³/mol. The van der Waals surface area contributed by atoms with Crippen molar-refractivity contribution in [3.8, 4) is 0 Å². The fraction of sp³-hybridized carbons (Fsp3) is 0.727. The molecule has 0 aromatic carbocycles. The Morgan fingerprint density at radius 3 is 2.46 bits per heavy atom. The quantitative estimate of drug-likeness (QED) is 0.650. The maximum absolute atomic E-state index is 4.38. The molecule has 1 aliphatic carbocycles. The van der Waals surface area contributed by atoms with Gasteiger partial charge in [0.1, 0.15) is 0 Å². The van der Waals surface area contributed by atoms with Gasteiger partial charge in [-0.2, -0.15) is 0 Å². The number of fused-ring (bicyclic) bond motifs is 1. The first-order chi connectivity index (χ1) is 6.47. The van der Waals surface area contributed by atoms with E-state index in [0.29, 0.717) is 0 Å². The molecule has 2 rings (SSSR count). The average Bonchev–Trinajstić information content (AvgIpc) is 2.59. The van der Waals surface area contributed by atoms with E-state index in [2.05, 4.69) is 9.97 Å². The van der Waals surface area contributed by atoms with Crippen molar-refractivity contribution in [2.45, 2.75) is 51.4 Å². The number of aromatic nitrogens is 2. The normalized spacial score (nSPS) is 19.4. The van der Waals surface area contributed by atoms with E-state index < -0.39 is 0 Å². The molecule has 0 bridgehead atoms. The highest BCUT2D eigenvalue weighted by Crippen LogP contribution is 2.16. The van der Waals surface area contributed by atoms with Crippen LogP contribution in [0.3, 0.4) is 0 Å². The number of rotatable bonds is 0. The van der Waals surface area contributed by atoms with Crippen molar-refractivity contribution in [3.05, 3.63) is 17.7 Å². The fourth-order valence-electron chi connectivity index (χ4n) is 2.08. The Morgan fingerprint density at radius 1 is 0.923 bits per heavy atom. The third-order valence-corrected chi connectivity index (χ3v) is 2.90. The van der Waals surface area contributed by atoms with Crippen molar-refractivity contribution in [1.82, 2.24) is 9.97 Å². The molecular formula is C11H18N2. The number of imidazole rings is 1. The van der Waals surface area contributed by atoms with Gasteiger partial charge < -0.3 is 4.98 Å². The fourth-order valence-corrected chi connectivity index (χ4v) is 2.08. The van der Waals surface area contributed by atoms with Gasteiger partial charge in [0.2, 0.25) is 0 Å². The highest BCUT2D eigenvalue weighted by Gasteiger charge is 2.06.